The number of carbonyl (C=O) groups is 1. The molecule has 0 spiro atoms. The lowest BCUT2D eigenvalue weighted by Gasteiger charge is -2.13. The molecule has 0 aliphatic rings. The smallest absolute Gasteiger partial charge is 0.303 e. The maximum atomic E-state index is 10.4. The monoisotopic (exact) mass is 370 g/mol. The van der Waals surface area contributed by atoms with E-state index in [9.17, 15) is 15.0 Å². The molecule has 0 saturated carbocycles. The van der Waals surface area contributed by atoms with Crippen molar-refractivity contribution in [3.05, 3.63) is 12.2 Å². The lowest BCUT2D eigenvalue weighted by atomic mass is 10.0. The van der Waals surface area contributed by atoms with E-state index in [-0.39, 0.29) is 12.2 Å². The van der Waals surface area contributed by atoms with Crippen molar-refractivity contribution in [1.82, 2.24) is 0 Å². The summed E-state index contributed by atoms with van der Waals surface area (Å²) in [5.41, 5.74) is 0. The van der Waals surface area contributed by atoms with Gasteiger partial charge in [-0.25, -0.2) is 0 Å². The normalized spacial score (nSPS) is 14.0. The zero-order chi connectivity index (χ0) is 19.5. The van der Waals surface area contributed by atoms with Gasteiger partial charge in [0.25, 0.3) is 0 Å². The van der Waals surface area contributed by atoms with Crippen LogP contribution in [0.2, 0.25) is 0 Å². The Hall–Kier alpha value is -0.870. The van der Waals surface area contributed by atoms with Crippen molar-refractivity contribution in [2.75, 3.05) is 0 Å². The van der Waals surface area contributed by atoms with Gasteiger partial charge in [0.05, 0.1) is 12.2 Å². The zero-order valence-electron chi connectivity index (χ0n) is 16.9. The van der Waals surface area contributed by atoms with Gasteiger partial charge in [-0.15, -0.1) is 0 Å². The average molecular weight is 371 g/mol. The van der Waals surface area contributed by atoms with Gasteiger partial charge in [0.1, 0.15) is 0 Å². The van der Waals surface area contributed by atoms with E-state index in [1.807, 2.05) is 6.08 Å². The predicted octanol–water partition coefficient (Wildman–Crippen LogP) is 5.61. The highest BCUT2D eigenvalue weighted by atomic mass is 16.4. The molecule has 0 bridgehead atoms. The third-order valence-corrected chi connectivity index (χ3v) is 4.79. The van der Waals surface area contributed by atoms with Crippen LogP contribution in [0.1, 0.15) is 110 Å². The molecular formula is C22H42O4. The third-order valence-electron chi connectivity index (χ3n) is 4.79. The first-order valence-corrected chi connectivity index (χ1v) is 10.8. The molecular weight excluding hydrogens is 328 g/mol. The van der Waals surface area contributed by atoms with E-state index in [4.69, 9.17) is 5.11 Å². The topological polar surface area (TPSA) is 77.8 Å². The van der Waals surface area contributed by atoms with Crippen LogP contribution in [0.15, 0.2) is 12.2 Å². The summed E-state index contributed by atoms with van der Waals surface area (Å²) in [6.07, 6.45) is 19.1. The van der Waals surface area contributed by atoms with Gasteiger partial charge in [0, 0.05) is 6.42 Å². The highest BCUT2D eigenvalue weighted by Crippen LogP contribution is 2.14. The van der Waals surface area contributed by atoms with Crippen LogP contribution in [0.3, 0.4) is 0 Å². The molecule has 0 aromatic carbocycles. The van der Waals surface area contributed by atoms with Crippen molar-refractivity contribution >= 4 is 5.97 Å². The van der Waals surface area contributed by atoms with Crippen LogP contribution in [-0.2, 0) is 4.79 Å². The number of carboxylic acids is 1. The highest BCUT2D eigenvalue weighted by molar-refractivity contribution is 5.66. The number of rotatable bonds is 19. The molecule has 0 aromatic heterocycles. The molecule has 26 heavy (non-hydrogen) atoms. The van der Waals surface area contributed by atoms with Crippen LogP contribution in [0.25, 0.3) is 0 Å². The van der Waals surface area contributed by atoms with Crippen molar-refractivity contribution in [3.63, 3.8) is 0 Å². The quantitative estimate of drug-likeness (QED) is 0.204. The van der Waals surface area contributed by atoms with Crippen LogP contribution in [0.4, 0.5) is 0 Å². The molecule has 2 unspecified atom stereocenters. The number of hydrogen-bond acceptors (Lipinski definition) is 3. The second kappa shape index (κ2) is 18.9. The molecule has 4 nitrogen and oxygen atoms in total. The summed E-state index contributed by atoms with van der Waals surface area (Å²) in [5.74, 6) is -0.689. The predicted molar refractivity (Wildman–Crippen MR) is 108 cm³/mol. The fraction of sp³-hybridized carbons (Fsp3) is 0.864. The molecule has 4 heteroatoms. The zero-order valence-corrected chi connectivity index (χ0v) is 16.9. The van der Waals surface area contributed by atoms with Crippen LogP contribution in [0, 0.1) is 0 Å². The average Bonchev–Trinajstić information content (AvgIpc) is 2.61. The highest BCUT2D eigenvalue weighted by Gasteiger charge is 2.08. The molecule has 154 valence electrons. The maximum Gasteiger partial charge on any atom is 0.303 e. The van der Waals surface area contributed by atoms with Gasteiger partial charge < -0.3 is 15.3 Å². The van der Waals surface area contributed by atoms with E-state index in [2.05, 4.69) is 13.0 Å². The molecule has 3 N–H and O–H groups in total. The molecule has 2 atom stereocenters. The van der Waals surface area contributed by atoms with Gasteiger partial charge in [-0.3, -0.25) is 4.79 Å². The third kappa shape index (κ3) is 19.5. The fourth-order valence-electron chi connectivity index (χ4n) is 3.08. The van der Waals surface area contributed by atoms with Crippen LogP contribution >= 0.6 is 0 Å². The van der Waals surface area contributed by atoms with Gasteiger partial charge in [-0.2, -0.15) is 0 Å². The Morgan fingerprint density at radius 3 is 1.88 bits per heavy atom. The molecule has 0 rings (SSSR count). The number of aliphatic carboxylic acids is 1. The van der Waals surface area contributed by atoms with Crippen molar-refractivity contribution < 1.29 is 20.1 Å². The maximum absolute atomic E-state index is 10.4. The van der Waals surface area contributed by atoms with Crippen molar-refractivity contribution in [2.24, 2.45) is 0 Å². The van der Waals surface area contributed by atoms with Crippen LogP contribution in [0.5, 0.6) is 0 Å². The van der Waals surface area contributed by atoms with E-state index >= 15 is 0 Å². The summed E-state index contributed by atoms with van der Waals surface area (Å²) >= 11 is 0. The van der Waals surface area contributed by atoms with Gasteiger partial charge in [0.15, 0.2) is 0 Å². The van der Waals surface area contributed by atoms with E-state index in [0.29, 0.717) is 25.7 Å². The Kier molecular flexibility index (Phi) is 18.3. The first kappa shape index (κ1) is 25.1. The number of hydrogen-bond donors (Lipinski definition) is 3. The summed E-state index contributed by atoms with van der Waals surface area (Å²) in [4.78, 5) is 10.4. The number of unbranched alkanes of at least 4 members (excludes halogenated alkanes) is 9. The SMILES string of the molecule is CCCC=CCC(O)CCC(O)CCCCCCCCCCCC(=O)O. The Bertz CT molecular complexity index is 341. The second-order valence-corrected chi connectivity index (χ2v) is 7.50. The van der Waals surface area contributed by atoms with Gasteiger partial charge in [-0.05, 0) is 38.5 Å². The van der Waals surface area contributed by atoms with Crippen molar-refractivity contribution in [1.29, 1.82) is 0 Å². The number of aliphatic hydroxyl groups is 2. The van der Waals surface area contributed by atoms with Gasteiger partial charge in [0.2, 0.25) is 0 Å². The lowest BCUT2D eigenvalue weighted by molar-refractivity contribution is -0.137. The molecule has 0 heterocycles. The summed E-state index contributed by atoms with van der Waals surface area (Å²) < 4.78 is 0. The lowest BCUT2D eigenvalue weighted by Crippen LogP contribution is -2.12. The van der Waals surface area contributed by atoms with E-state index in [1.54, 1.807) is 0 Å². The minimum atomic E-state index is -0.689. The fourth-order valence-corrected chi connectivity index (χ4v) is 3.08. The molecule has 0 fully saturated rings. The summed E-state index contributed by atoms with van der Waals surface area (Å²) in [6, 6.07) is 0. The molecule has 0 amide bonds. The molecule has 0 aliphatic heterocycles. The standard InChI is InChI=1S/C22H42O4/c1-2-3-4-12-15-20(23)18-19-21(24)16-13-10-8-6-5-7-9-11-14-17-22(25)26/h4,12,20-21,23-24H,2-3,5-11,13-19H2,1H3,(H,25,26). The van der Waals surface area contributed by atoms with Crippen LogP contribution < -0.4 is 0 Å². The summed E-state index contributed by atoms with van der Waals surface area (Å²) in [6.45, 7) is 2.14. The minimum absolute atomic E-state index is 0.279. The van der Waals surface area contributed by atoms with Crippen molar-refractivity contribution in [2.45, 2.75) is 122 Å². The van der Waals surface area contributed by atoms with Crippen molar-refractivity contribution in [3.8, 4) is 0 Å². The molecule has 0 aromatic rings. The molecule has 0 radical (unpaired) electrons. The Balaban J connectivity index is 3.33. The van der Waals surface area contributed by atoms with Gasteiger partial charge >= 0.3 is 5.97 Å². The first-order chi connectivity index (χ1) is 12.6. The minimum Gasteiger partial charge on any atom is -0.481 e. The Labute approximate surface area is 160 Å². The number of allylic oxidation sites excluding steroid dienone is 1. The molecule has 0 saturated heterocycles. The van der Waals surface area contributed by atoms with Gasteiger partial charge in [-0.1, -0.05) is 76.9 Å². The van der Waals surface area contributed by atoms with E-state index < -0.39 is 5.97 Å². The Morgan fingerprint density at radius 1 is 0.769 bits per heavy atom. The second-order valence-electron chi connectivity index (χ2n) is 7.50. The number of aliphatic hydroxyl groups excluding tert-OH is 2. The van der Waals surface area contributed by atoms with E-state index in [1.165, 1.54) is 32.1 Å². The van der Waals surface area contributed by atoms with Crippen LogP contribution in [-0.4, -0.2) is 33.5 Å². The van der Waals surface area contributed by atoms with E-state index in [0.717, 1.165) is 44.9 Å². The first-order valence-electron chi connectivity index (χ1n) is 10.8. The summed E-state index contributed by atoms with van der Waals surface area (Å²) in [5, 5.41) is 28.4. The number of carboxylic acid groups (broad SMARTS) is 1. The molecule has 0 aliphatic carbocycles. The largest absolute Gasteiger partial charge is 0.481 e. The Morgan fingerprint density at radius 2 is 1.31 bits per heavy atom. The summed E-state index contributed by atoms with van der Waals surface area (Å²) in [7, 11) is 0.